The minimum absolute atomic E-state index is 0.000133. The van der Waals surface area contributed by atoms with Crippen molar-refractivity contribution in [1.29, 1.82) is 0 Å². The van der Waals surface area contributed by atoms with E-state index < -0.39 is 0 Å². The van der Waals surface area contributed by atoms with Crippen LogP contribution < -0.4 is 0 Å². The molecule has 0 radical (unpaired) electrons. The van der Waals surface area contributed by atoms with E-state index in [1.807, 2.05) is 30.4 Å². The first-order valence-corrected chi connectivity index (χ1v) is 11.3. The molecule has 1 saturated carbocycles. The van der Waals surface area contributed by atoms with Gasteiger partial charge in [-0.3, -0.25) is 19.6 Å². The van der Waals surface area contributed by atoms with Gasteiger partial charge < -0.3 is 10.0 Å². The van der Waals surface area contributed by atoms with Gasteiger partial charge in [0.1, 0.15) is 0 Å². The van der Waals surface area contributed by atoms with Crippen molar-refractivity contribution in [3.63, 3.8) is 0 Å². The van der Waals surface area contributed by atoms with E-state index in [9.17, 15) is 9.90 Å². The predicted molar refractivity (Wildman–Crippen MR) is 113 cm³/mol. The van der Waals surface area contributed by atoms with Crippen molar-refractivity contribution < 1.29 is 9.90 Å². The lowest BCUT2D eigenvalue weighted by atomic mass is 9.92. The van der Waals surface area contributed by atoms with Gasteiger partial charge >= 0.3 is 0 Å². The normalized spacial score (nSPS) is 25.7. The monoisotopic (exact) mass is 400 g/mol. The van der Waals surface area contributed by atoms with Crippen molar-refractivity contribution in [2.24, 2.45) is 11.3 Å². The first-order chi connectivity index (χ1) is 14.1. The molecular weight excluding hydrogens is 364 g/mol. The summed E-state index contributed by atoms with van der Waals surface area (Å²) in [6, 6.07) is 4.77. The Morgan fingerprint density at radius 1 is 1.28 bits per heavy atom. The number of likely N-dealkylation sites (tertiary alicyclic amines) is 2. The molecule has 0 aromatic carbocycles. The third kappa shape index (κ3) is 5.16. The van der Waals surface area contributed by atoms with E-state index in [4.69, 9.17) is 0 Å². The fraction of sp³-hybridized carbons (Fsp3) is 0.739. The average molecular weight is 401 g/mol. The summed E-state index contributed by atoms with van der Waals surface area (Å²) >= 11 is 0. The first-order valence-electron chi connectivity index (χ1n) is 11.3. The maximum atomic E-state index is 13.0. The highest BCUT2D eigenvalue weighted by Gasteiger charge is 2.44. The molecular formula is C23H36N4O2. The van der Waals surface area contributed by atoms with Crippen LogP contribution in [0.4, 0.5) is 0 Å². The van der Waals surface area contributed by atoms with Gasteiger partial charge in [-0.2, -0.15) is 0 Å². The highest BCUT2D eigenvalue weighted by atomic mass is 16.3. The number of pyridine rings is 1. The number of amides is 1. The standard InChI is InChI=1S/C23H36N4O2/c1-25(17-23(18-28)8-9-23)22(29)20-5-3-11-27(16-20)21-6-12-26(13-7-21)15-19-4-2-10-24-14-19/h2,4,10,14,20-21,28H,3,5-9,11-13,15-18H2,1H3. The Morgan fingerprint density at radius 2 is 2.07 bits per heavy atom. The average Bonchev–Trinajstić information content (AvgIpc) is 3.54. The molecule has 6 nitrogen and oxygen atoms in total. The van der Waals surface area contributed by atoms with Crippen LogP contribution in [-0.2, 0) is 11.3 Å². The SMILES string of the molecule is CN(CC1(CO)CC1)C(=O)C1CCCN(C2CCN(Cc3cccnc3)CC2)C1. The summed E-state index contributed by atoms with van der Waals surface area (Å²) in [7, 11) is 1.92. The lowest BCUT2D eigenvalue weighted by molar-refractivity contribution is -0.137. The predicted octanol–water partition coefficient (Wildman–Crippen LogP) is 1.99. The Hall–Kier alpha value is -1.50. The molecule has 1 N–H and O–H groups in total. The summed E-state index contributed by atoms with van der Waals surface area (Å²) < 4.78 is 0. The van der Waals surface area contributed by atoms with Gasteiger partial charge in [-0.1, -0.05) is 6.07 Å². The van der Waals surface area contributed by atoms with Gasteiger partial charge in [0.05, 0.1) is 12.5 Å². The second-order valence-corrected chi connectivity index (χ2v) is 9.56. The summed E-state index contributed by atoms with van der Waals surface area (Å²) in [6.07, 6.45) is 10.4. The Labute approximate surface area is 174 Å². The largest absolute Gasteiger partial charge is 0.396 e. The number of hydrogen-bond acceptors (Lipinski definition) is 5. The Kier molecular flexibility index (Phi) is 6.52. The molecule has 1 aromatic rings. The number of carbonyl (C=O) groups is 1. The summed E-state index contributed by atoms with van der Waals surface area (Å²) in [6.45, 7) is 6.18. The topological polar surface area (TPSA) is 59.9 Å². The van der Waals surface area contributed by atoms with Crippen LogP contribution in [0.1, 0.15) is 44.1 Å². The molecule has 1 unspecified atom stereocenters. The highest BCUT2D eigenvalue weighted by Crippen LogP contribution is 2.45. The molecule has 2 saturated heterocycles. The number of aromatic nitrogens is 1. The van der Waals surface area contributed by atoms with Gasteiger partial charge in [0.25, 0.3) is 0 Å². The van der Waals surface area contributed by atoms with Crippen molar-refractivity contribution in [1.82, 2.24) is 19.7 Å². The minimum atomic E-state index is -0.000133. The maximum Gasteiger partial charge on any atom is 0.226 e. The molecule has 3 heterocycles. The minimum Gasteiger partial charge on any atom is -0.396 e. The van der Waals surface area contributed by atoms with Crippen LogP contribution in [0.25, 0.3) is 0 Å². The molecule has 1 amide bonds. The van der Waals surface area contributed by atoms with Crippen LogP contribution in [0.3, 0.4) is 0 Å². The molecule has 160 valence electrons. The molecule has 1 atom stereocenters. The molecule has 4 rings (SSSR count). The smallest absolute Gasteiger partial charge is 0.226 e. The molecule has 2 aliphatic heterocycles. The van der Waals surface area contributed by atoms with Gasteiger partial charge in [0.2, 0.25) is 5.91 Å². The van der Waals surface area contributed by atoms with Crippen LogP contribution >= 0.6 is 0 Å². The lowest BCUT2D eigenvalue weighted by Crippen LogP contribution is -2.51. The molecule has 6 heteroatoms. The van der Waals surface area contributed by atoms with Gasteiger partial charge in [-0.25, -0.2) is 0 Å². The summed E-state index contributed by atoms with van der Waals surface area (Å²) in [5, 5.41) is 9.57. The van der Waals surface area contributed by atoms with Crippen LogP contribution in [-0.4, -0.2) is 83.1 Å². The van der Waals surface area contributed by atoms with E-state index >= 15 is 0 Å². The summed E-state index contributed by atoms with van der Waals surface area (Å²) in [5.74, 6) is 0.403. The second kappa shape index (κ2) is 9.11. The number of rotatable bonds is 7. The fourth-order valence-electron chi connectivity index (χ4n) is 5.17. The third-order valence-electron chi connectivity index (χ3n) is 7.25. The number of piperidine rings is 2. The van der Waals surface area contributed by atoms with Crippen molar-refractivity contribution >= 4 is 5.91 Å². The zero-order valence-electron chi connectivity index (χ0n) is 17.8. The molecule has 3 fully saturated rings. The van der Waals surface area contributed by atoms with E-state index in [0.29, 0.717) is 12.6 Å². The van der Waals surface area contributed by atoms with Gasteiger partial charge in [0, 0.05) is 50.5 Å². The quantitative estimate of drug-likeness (QED) is 0.759. The molecule has 3 aliphatic rings. The van der Waals surface area contributed by atoms with E-state index in [1.165, 1.54) is 18.4 Å². The number of hydrogen-bond donors (Lipinski definition) is 1. The van der Waals surface area contributed by atoms with Crippen LogP contribution in [0.5, 0.6) is 0 Å². The number of nitrogens with zero attached hydrogens (tertiary/aromatic N) is 4. The van der Waals surface area contributed by atoms with Crippen molar-refractivity contribution in [2.75, 3.05) is 46.4 Å². The zero-order chi connectivity index (χ0) is 20.3. The Bertz CT molecular complexity index is 671. The van der Waals surface area contributed by atoms with Gasteiger partial charge in [0.15, 0.2) is 0 Å². The fourth-order valence-corrected chi connectivity index (χ4v) is 5.17. The molecule has 1 aromatic heterocycles. The first kappa shape index (κ1) is 20.8. The van der Waals surface area contributed by atoms with E-state index in [2.05, 4.69) is 20.9 Å². The Balaban J connectivity index is 1.25. The number of aliphatic hydroxyl groups is 1. The molecule has 29 heavy (non-hydrogen) atoms. The number of carbonyl (C=O) groups excluding carboxylic acids is 1. The van der Waals surface area contributed by atoms with Crippen LogP contribution in [0.15, 0.2) is 24.5 Å². The van der Waals surface area contributed by atoms with Crippen molar-refractivity contribution in [3.8, 4) is 0 Å². The zero-order valence-corrected chi connectivity index (χ0v) is 17.8. The summed E-state index contributed by atoms with van der Waals surface area (Å²) in [5.41, 5.74) is 1.29. The maximum absolute atomic E-state index is 13.0. The highest BCUT2D eigenvalue weighted by molar-refractivity contribution is 5.79. The van der Waals surface area contributed by atoms with E-state index in [-0.39, 0.29) is 23.8 Å². The van der Waals surface area contributed by atoms with Gasteiger partial charge in [-0.15, -0.1) is 0 Å². The lowest BCUT2D eigenvalue weighted by Gasteiger charge is -2.42. The number of aliphatic hydroxyl groups excluding tert-OH is 1. The van der Waals surface area contributed by atoms with Crippen molar-refractivity contribution in [2.45, 2.75) is 51.1 Å². The van der Waals surface area contributed by atoms with E-state index in [0.717, 1.165) is 58.4 Å². The second-order valence-electron chi connectivity index (χ2n) is 9.56. The Morgan fingerprint density at radius 3 is 2.72 bits per heavy atom. The van der Waals surface area contributed by atoms with Crippen LogP contribution in [0, 0.1) is 11.3 Å². The molecule has 0 spiro atoms. The molecule has 1 aliphatic carbocycles. The van der Waals surface area contributed by atoms with Crippen molar-refractivity contribution in [3.05, 3.63) is 30.1 Å². The van der Waals surface area contributed by atoms with Gasteiger partial charge in [-0.05, 0) is 69.8 Å². The third-order valence-corrected chi connectivity index (χ3v) is 7.25. The molecule has 0 bridgehead atoms. The summed E-state index contributed by atoms with van der Waals surface area (Å²) in [4.78, 5) is 24.2. The van der Waals surface area contributed by atoms with E-state index in [1.54, 1.807) is 0 Å². The van der Waals surface area contributed by atoms with Crippen LogP contribution in [0.2, 0.25) is 0 Å².